The third kappa shape index (κ3) is 4.83. The van der Waals surface area contributed by atoms with Gasteiger partial charge in [0.15, 0.2) is 11.5 Å². The number of para-hydroxylation sites is 2. The van der Waals surface area contributed by atoms with E-state index in [4.69, 9.17) is 9.47 Å². The highest BCUT2D eigenvalue weighted by Gasteiger charge is 2.14. The number of rotatable bonds is 9. The van der Waals surface area contributed by atoms with E-state index >= 15 is 0 Å². The minimum atomic E-state index is -0.106. The largest absolute Gasteiger partial charge is 0.493 e. The van der Waals surface area contributed by atoms with Gasteiger partial charge in [-0.15, -0.1) is 0 Å². The minimum absolute atomic E-state index is 0.106. The van der Waals surface area contributed by atoms with Crippen molar-refractivity contribution in [2.45, 2.75) is 19.6 Å². The topological polar surface area (TPSA) is 77.4 Å². The molecular weight excluding hydrogens is 404 g/mol. The molecule has 1 heterocycles. The molecule has 0 saturated heterocycles. The summed E-state index contributed by atoms with van der Waals surface area (Å²) in [4.78, 5) is 17.5. The summed E-state index contributed by atoms with van der Waals surface area (Å²) >= 11 is 0. The summed E-state index contributed by atoms with van der Waals surface area (Å²) in [5.74, 6) is 1.84. The van der Waals surface area contributed by atoms with Crippen molar-refractivity contribution in [3.63, 3.8) is 0 Å². The predicted molar refractivity (Wildman–Crippen MR) is 125 cm³/mol. The smallest absolute Gasteiger partial charge is 0.240 e. The average molecular weight is 431 g/mol. The van der Waals surface area contributed by atoms with Crippen molar-refractivity contribution in [3.8, 4) is 11.5 Å². The number of aromatic nitrogens is 2. The average Bonchev–Trinajstić information content (AvgIpc) is 3.19. The first-order valence-corrected chi connectivity index (χ1v) is 10.4. The van der Waals surface area contributed by atoms with Gasteiger partial charge >= 0.3 is 0 Å². The van der Waals surface area contributed by atoms with Crippen molar-refractivity contribution >= 4 is 22.9 Å². The lowest BCUT2D eigenvalue weighted by molar-refractivity contribution is -0.121. The molecule has 4 aromatic rings. The first kappa shape index (κ1) is 21.2. The molecule has 4 rings (SSSR count). The van der Waals surface area contributed by atoms with Crippen LogP contribution in [0.3, 0.4) is 0 Å². The van der Waals surface area contributed by atoms with E-state index in [9.17, 15) is 4.79 Å². The molecule has 0 aliphatic heterocycles. The second-order valence-corrected chi connectivity index (χ2v) is 7.32. The molecule has 1 amide bonds. The number of carbonyl (C=O) groups is 1. The van der Waals surface area contributed by atoms with E-state index in [1.807, 2.05) is 65.2 Å². The molecule has 0 saturated carbocycles. The van der Waals surface area contributed by atoms with Gasteiger partial charge < -0.3 is 24.7 Å². The minimum Gasteiger partial charge on any atom is -0.493 e. The summed E-state index contributed by atoms with van der Waals surface area (Å²) in [5, 5.41) is 6.35. The van der Waals surface area contributed by atoms with Gasteiger partial charge in [0.25, 0.3) is 0 Å². The van der Waals surface area contributed by atoms with Gasteiger partial charge in [-0.1, -0.05) is 48.5 Å². The number of benzene rings is 3. The Bertz CT molecular complexity index is 1200. The molecule has 164 valence electrons. The van der Waals surface area contributed by atoms with Crippen LogP contribution in [-0.2, 0) is 24.4 Å². The number of amides is 1. The lowest BCUT2D eigenvalue weighted by Crippen LogP contribution is -2.27. The first-order chi connectivity index (χ1) is 15.7. The third-order valence-corrected chi connectivity index (χ3v) is 5.19. The van der Waals surface area contributed by atoms with Crippen LogP contribution in [0.2, 0.25) is 0 Å². The van der Waals surface area contributed by atoms with Gasteiger partial charge in [0, 0.05) is 13.1 Å². The molecule has 7 nitrogen and oxygen atoms in total. The molecule has 0 bridgehead atoms. The molecule has 2 N–H and O–H groups in total. The number of nitrogens with one attached hydrogen (secondary N) is 2. The SMILES string of the molecule is COc1ccc(CNC(=O)Cn2c(NCc3ccccc3)nc3ccccc32)cc1OC. The Hall–Kier alpha value is -4.00. The van der Waals surface area contributed by atoms with Gasteiger partial charge in [0.1, 0.15) is 6.54 Å². The maximum atomic E-state index is 12.8. The molecule has 0 radical (unpaired) electrons. The monoisotopic (exact) mass is 430 g/mol. The summed E-state index contributed by atoms with van der Waals surface area (Å²) in [5.41, 5.74) is 3.82. The van der Waals surface area contributed by atoms with Gasteiger partial charge in [-0.25, -0.2) is 4.98 Å². The Kier molecular flexibility index (Phi) is 6.55. The van der Waals surface area contributed by atoms with Crippen LogP contribution in [0.1, 0.15) is 11.1 Å². The molecular formula is C25H26N4O3. The summed E-state index contributed by atoms with van der Waals surface area (Å²) in [7, 11) is 3.19. The van der Waals surface area contributed by atoms with E-state index < -0.39 is 0 Å². The van der Waals surface area contributed by atoms with E-state index in [-0.39, 0.29) is 12.5 Å². The van der Waals surface area contributed by atoms with Crippen molar-refractivity contribution in [1.82, 2.24) is 14.9 Å². The summed E-state index contributed by atoms with van der Waals surface area (Å²) in [6.07, 6.45) is 0. The molecule has 0 unspecified atom stereocenters. The van der Waals surface area contributed by atoms with Crippen molar-refractivity contribution in [3.05, 3.63) is 83.9 Å². The molecule has 3 aromatic carbocycles. The second kappa shape index (κ2) is 9.87. The maximum absolute atomic E-state index is 12.8. The molecule has 0 aliphatic rings. The van der Waals surface area contributed by atoms with Crippen molar-refractivity contribution in [2.75, 3.05) is 19.5 Å². The molecule has 0 atom stereocenters. The molecule has 0 fully saturated rings. The summed E-state index contributed by atoms with van der Waals surface area (Å²) < 4.78 is 12.5. The van der Waals surface area contributed by atoms with Gasteiger partial charge in [-0.2, -0.15) is 0 Å². The van der Waals surface area contributed by atoms with E-state index in [0.717, 1.165) is 22.2 Å². The zero-order valence-electron chi connectivity index (χ0n) is 18.2. The number of anilines is 1. The quantitative estimate of drug-likeness (QED) is 0.420. The fourth-order valence-electron chi connectivity index (χ4n) is 3.54. The number of methoxy groups -OCH3 is 2. The van der Waals surface area contributed by atoms with Crippen molar-refractivity contribution in [1.29, 1.82) is 0 Å². The Labute approximate surface area is 187 Å². The number of nitrogens with zero attached hydrogens (tertiary/aromatic N) is 2. The standard InChI is InChI=1S/C25H26N4O3/c1-31-22-13-12-19(14-23(22)32-2)16-26-24(30)17-29-21-11-7-6-10-20(21)28-25(29)27-15-18-8-4-3-5-9-18/h3-14H,15-17H2,1-2H3,(H,26,30)(H,27,28). The van der Waals surface area contributed by atoms with E-state index in [1.165, 1.54) is 0 Å². The van der Waals surface area contributed by atoms with Gasteiger partial charge in [-0.3, -0.25) is 4.79 Å². The highest BCUT2D eigenvalue weighted by molar-refractivity contribution is 5.83. The Morgan fingerprint density at radius 2 is 1.62 bits per heavy atom. The Morgan fingerprint density at radius 3 is 2.41 bits per heavy atom. The second-order valence-electron chi connectivity index (χ2n) is 7.32. The Balaban J connectivity index is 1.47. The highest BCUT2D eigenvalue weighted by Crippen LogP contribution is 2.27. The van der Waals surface area contributed by atoms with Gasteiger partial charge in [0.2, 0.25) is 11.9 Å². The van der Waals surface area contributed by atoms with Gasteiger partial charge in [-0.05, 0) is 35.4 Å². The summed E-state index contributed by atoms with van der Waals surface area (Å²) in [6, 6.07) is 23.5. The van der Waals surface area contributed by atoms with Crippen LogP contribution in [0.15, 0.2) is 72.8 Å². The lowest BCUT2D eigenvalue weighted by atomic mass is 10.2. The van der Waals surface area contributed by atoms with E-state index in [0.29, 0.717) is 30.5 Å². The number of fused-ring (bicyclic) bond motifs is 1. The zero-order valence-corrected chi connectivity index (χ0v) is 18.2. The zero-order chi connectivity index (χ0) is 22.3. The van der Waals surface area contributed by atoms with Crippen molar-refractivity contribution in [2.24, 2.45) is 0 Å². The number of hydrogen-bond acceptors (Lipinski definition) is 5. The van der Waals surface area contributed by atoms with Crippen LogP contribution in [-0.4, -0.2) is 29.7 Å². The van der Waals surface area contributed by atoms with Crippen LogP contribution in [0.5, 0.6) is 11.5 Å². The molecule has 7 heteroatoms. The number of imidazole rings is 1. The number of hydrogen-bond donors (Lipinski definition) is 2. The number of ether oxygens (including phenoxy) is 2. The van der Waals surface area contributed by atoms with Crippen LogP contribution in [0, 0.1) is 0 Å². The number of carbonyl (C=O) groups excluding carboxylic acids is 1. The normalized spacial score (nSPS) is 10.7. The highest BCUT2D eigenvalue weighted by atomic mass is 16.5. The van der Waals surface area contributed by atoms with Gasteiger partial charge in [0.05, 0.1) is 25.3 Å². The molecule has 0 spiro atoms. The first-order valence-electron chi connectivity index (χ1n) is 10.4. The Morgan fingerprint density at radius 1 is 0.875 bits per heavy atom. The molecule has 0 aliphatic carbocycles. The third-order valence-electron chi connectivity index (χ3n) is 5.19. The van der Waals surface area contributed by atoms with Crippen LogP contribution in [0.25, 0.3) is 11.0 Å². The molecule has 1 aromatic heterocycles. The van der Waals surface area contributed by atoms with Crippen LogP contribution in [0.4, 0.5) is 5.95 Å². The fourth-order valence-corrected chi connectivity index (χ4v) is 3.54. The molecule has 32 heavy (non-hydrogen) atoms. The predicted octanol–water partition coefficient (Wildman–Crippen LogP) is 3.98. The van der Waals surface area contributed by atoms with E-state index in [2.05, 4.69) is 27.8 Å². The summed E-state index contributed by atoms with van der Waals surface area (Å²) in [6.45, 7) is 1.17. The fraction of sp³-hybridized carbons (Fsp3) is 0.200. The van der Waals surface area contributed by atoms with E-state index in [1.54, 1.807) is 14.2 Å². The lowest BCUT2D eigenvalue weighted by Gasteiger charge is -2.13. The van der Waals surface area contributed by atoms with Crippen LogP contribution < -0.4 is 20.1 Å². The maximum Gasteiger partial charge on any atom is 0.240 e. The van der Waals surface area contributed by atoms with Crippen LogP contribution >= 0.6 is 0 Å². The van der Waals surface area contributed by atoms with Crippen molar-refractivity contribution < 1.29 is 14.3 Å².